The Balaban J connectivity index is 1.89. The summed E-state index contributed by atoms with van der Waals surface area (Å²) in [6.45, 7) is 8.82. The van der Waals surface area contributed by atoms with Gasteiger partial charge in [-0.3, -0.25) is 4.90 Å². The Bertz CT molecular complexity index is 608. The van der Waals surface area contributed by atoms with Crippen molar-refractivity contribution in [2.45, 2.75) is 33.2 Å². The smallest absolute Gasteiger partial charge is 0.131 e. The third-order valence-electron chi connectivity index (χ3n) is 4.28. The van der Waals surface area contributed by atoms with Gasteiger partial charge in [0.15, 0.2) is 0 Å². The Morgan fingerprint density at radius 2 is 2.19 bits per heavy atom. The van der Waals surface area contributed by atoms with Gasteiger partial charge in [-0.1, -0.05) is 25.1 Å². The first-order valence-corrected chi connectivity index (χ1v) is 8.11. The molecule has 2 heterocycles. The third kappa shape index (κ3) is 3.35. The summed E-state index contributed by atoms with van der Waals surface area (Å²) in [6, 6.07) is 10.7. The number of nitrogens with zero attached hydrogens (tertiary/aromatic N) is 2. The zero-order chi connectivity index (χ0) is 14.7. The van der Waals surface area contributed by atoms with E-state index < -0.39 is 0 Å². The Kier molecular flexibility index (Phi) is 4.39. The standard InChI is InChI=1S/C18H25N3/c1-3-19-18-16(13-21-10-6-7-14(2)12-21)11-15-8-4-5-9-17(15)20-18/h4-5,8-9,11,14H,3,6-7,10,12-13H2,1-2H3,(H,19,20). The van der Waals surface area contributed by atoms with Gasteiger partial charge in [-0.15, -0.1) is 0 Å². The summed E-state index contributed by atoms with van der Waals surface area (Å²) < 4.78 is 0. The Labute approximate surface area is 127 Å². The minimum Gasteiger partial charge on any atom is -0.370 e. The van der Waals surface area contributed by atoms with Crippen molar-refractivity contribution >= 4 is 16.7 Å². The fourth-order valence-electron chi connectivity index (χ4n) is 3.27. The van der Waals surface area contributed by atoms with Crippen LogP contribution in [0.1, 0.15) is 32.3 Å². The van der Waals surface area contributed by atoms with Gasteiger partial charge in [-0.2, -0.15) is 0 Å². The maximum absolute atomic E-state index is 4.81. The molecule has 0 amide bonds. The van der Waals surface area contributed by atoms with Gasteiger partial charge < -0.3 is 5.32 Å². The molecule has 1 aromatic heterocycles. The molecule has 0 spiro atoms. The molecule has 0 saturated carbocycles. The van der Waals surface area contributed by atoms with Crippen LogP contribution in [0.2, 0.25) is 0 Å². The number of benzene rings is 1. The van der Waals surface area contributed by atoms with Crippen LogP contribution in [0.5, 0.6) is 0 Å². The van der Waals surface area contributed by atoms with Crippen molar-refractivity contribution in [2.75, 3.05) is 25.0 Å². The van der Waals surface area contributed by atoms with E-state index in [9.17, 15) is 0 Å². The molecule has 0 aliphatic carbocycles. The second-order valence-electron chi connectivity index (χ2n) is 6.20. The van der Waals surface area contributed by atoms with E-state index in [-0.39, 0.29) is 0 Å². The minimum absolute atomic E-state index is 0.815. The number of likely N-dealkylation sites (tertiary alicyclic amines) is 1. The predicted octanol–water partition coefficient (Wildman–Crippen LogP) is 3.90. The normalized spacial score (nSPS) is 19.8. The number of fused-ring (bicyclic) bond motifs is 1. The van der Waals surface area contributed by atoms with Crippen LogP contribution in [0.4, 0.5) is 5.82 Å². The van der Waals surface area contributed by atoms with Crippen molar-refractivity contribution in [1.29, 1.82) is 0 Å². The highest BCUT2D eigenvalue weighted by Crippen LogP contribution is 2.24. The molecular formula is C18H25N3. The van der Waals surface area contributed by atoms with E-state index in [4.69, 9.17) is 4.98 Å². The van der Waals surface area contributed by atoms with Crippen LogP contribution in [0.3, 0.4) is 0 Å². The molecule has 1 N–H and O–H groups in total. The molecule has 112 valence electrons. The van der Waals surface area contributed by atoms with Crippen LogP contribution >= 0.6 is 0 Å². The monoisotopic (exact) mass is 283 g/mol. The zero-order valence-electron chi connectivity index (χ0n) is 13.1. The van der Waals surface area contributed by atoms with Crippen LogP contribution < -0.4 is 5.32 Å². The first-order chi connectivity index (χ1) is 10.3. The lowest BCUT2D eigenvalue weighted by Crippen LogP contribution is -2.34. The lowest BCUT2D eigenvalue weighted by Gasteiger charge is -2.31. The molecule has 1 aliphatic heterocycles. The SMILES string of the molecule is CCNc1nc2ccccc2cc1CN1CCCC(C)C1. The van der Waals surface area contributed by atoms with E-state index in [1.165, 1.54) is 36.9 Å². The number of pyridine rings is 1. The van der Waals surface area contributed by atoms with Crippen molar-refractivity contribution in [3.05, 3.63) is 35.9 Å². The van der Waals surface area contributed by atoms with Crippen LogP contribution in [-0.4, -0.2) is 29.5 Å². The van der Waals surface area contributed by atoms with Crippen molar-refractivity contribution in [3.8, 4) is 0 Å². The minimum atomic E-state index is 0.815. The number of rotatable bonds is 4. The second kappa shape index (κ2) is 6.44. The molecule has 1 aromatic carbocycles. The van der Waals surface area contributed by atoms with Crippen LogP contribution in [0.15, 0.2) is 30.3 Å². The maximum Gasteiger partial charge on any atom is 0.131 e. The van der Waals surface area contributed by atoms with E-state index in [1.807, 2.05) is 0 Å². The summed E-state index contributed by atoms with van der Waals surface area (Å²) in [4.78, 5) is 7.38. The number of piperidine rings is 1. The van der Waals surface area contributed by atoms with Gasteiger partial charge in [0.1, 0.15) is 5.82 Å². The average Bonchev–Trinajstić information content (AvgIpc) is 2.48. The summed E-state index contributed by atoms with van der Waals surface area (Å²) in [5, 5.41) is 4.67. The highest BCUT2D eigenvalue weighted by molar-refractivity contribution is 5.81. The van der Waals surface area contributed by atoms with Gasteiger partial charge in [0.2, 0.25) is 0 Å². The topological polar surface area (TPSA) is 28.2 Å². The zero-order valence-corrected chi connectivity index (χ0v) is 13.1. The number of hydrogen-bond acceptors (Lipinski definition) is 3. The molecule has 21 heavy (non-hydrogen) atoms. The van der Waals surface area contributed by atoms with Gasteiger partial charge in [-0.25, -0.2) is 4.98 Å². The van der Waals surface area contributed by atoms with Crippen LogP contribution in [-0.2, 0) is 6.54 Å². The van der Waals surface area contributed by atoms with Crippen molar-refractivity contribution in [2.24, 2.45) is 5.92 Å². The van der Waals surface area contributed by atoms with Gasteiger partial charge in [-0.05, 0) is 44.4 Å². The molecule has 2 aromatic rings. The number of para-hydroxylation sites is 1. The quantitative estimate of drug-likeness (QED) is 0.922. The molecule has 0 radical (unpaired) electrons. The Hall–Kier alpha value is -1.61. The second-order valence-corrected chi connectivity index (χ2v) is 6.20. The Morgan fingerprint density at radius 1 is 1.33 bits per heavy atom. The summed E-state index contributed by atoms with van der Waals surface area (Å²) in [5.41, 5.74) is 2.40. The third-order valence-corrected chi connectivity index (χ3v) is 4.28. The molecule has 3 rings (SSSR count). The maximum atomic E-state index is 4.81. The largest absolute Gasteiger partial charge is 0.370 e. The molecule has 3 nitrogen and oxygen atoms in total. The summed E-state index contributed by atoms with van der Waals surface area (Å²) in [6.07, 6.45) is 2.69. The molecule has 0 bridgehead atoms. The highest BCUT2D eigenvalue weighted by atomic mass is 15.1. The fourth-order valence-corrected chi connectivity index (χ4v) is 3.27. The van der Waals surface area contributed by atoms with Gasteiger partial charge in [0.05, 0.1) is 5.52 Å². The first kappa shape index (κ1) is 14.3. The molecular weight excluding hydrogens is 258 g/mol. The van der Waals surface area contributed by atoms with Gasteiger partial charge >= 0.3 is 0 Å². The van der Waals surface area contributed by atoms with E-state index in [2.05, 4.69) is 54.4 Å². The molecule has 1 saturated heterocycles. The lowest BCUT2D eigenvalue weighted by atomic mass is 9.99. The summed E-state index contributed by atoms with van der Waals surface area (Å²) in [5.74, 6) is 1.86. The van der Waals surface area contributed by atoms with Crippen LogP contribution in [0.25, 0.3) is 10.9 Å². The number of hydrogen-bond donors (Lipinski definition) is 1. The number of anilines is 1. The van der Waals surface area contributed by atoms with Gasteiger partial charge in [0, 0.05) is 30.6 Å². The van der Waals surface area contributed by atoms with E-state index >= 15 is 0 Å². The summed E-state index contributed by atoms with van der Waals surface area (Å²) >= 11 is 0. The molecule has 3 heteroatoms. The average molecular weight is 283 g/mol. The number of aromatic nitrogens is 1. The van der Waals surface area contributed by atoms with E-state index in [1.54, 1.807) is 0 Å². The van der Waals surface area contributed by atoms with Crippen LogP contribution in [0, 0.1) is 5.92 Å². The van der Waals surface area contributed by atoms with Crippen molar-refractivity contribution < 1.29 is 0 Å². The molecule has 1 unspecified atom stereocenters. The molecule has 1 fully saturated rings. The molecule has 1 aliphatic rings. The first-order valence-electron chi connectivity index (χ1n) is 8.11. The molecule has 1 atom stereocenters. The fraction of sp³-hybridized carbons (Fsp3) is 0.500. The van der Waals surface area contributed by atoms with E-state index in [0.29, 0.717) is 0 Å². The van der Waals surface area contributed by atoms with Gasteiger partial charge in [0.25, 0.3) is 0 Å². The predicted molar refractivity (Wildman–Crippen MR) is 89.6 cm³/mol. The Morgan fingerprint density at radius 3 is 3.00 bits per heavy atom. The summed E-state index contributed by atoms with van der Waals surface area (Å²) in [7, 11) is 0. The van der Waals surface area contributed by atoms with Crippen molar-refractivity contribution in [1.82, 2.24) is 9.88 Å². The lowest BCUT2D eigenvalue weighted by molar-refractivity contribution is 0.177. The van der Waals surface area contributed by atoms with Crippen molar-refractivity contribution in [3.63, 3.8) is 0 Å². The highest BCUT2D eigenvalue weighted by Gasteiger charge is 2.18. The number of nitrogens with one attached hydrogen (secondary N) is 1. The van der Waals surface area contributed by atoms with E-state index in [0.717, 1.165) is 30.3 Å².